The second kappa shape index (κ2) is 7.52. The SMILES string of the molecule is CCN(Cc1cccc(C(=O)OC)n1)C1CCCC1CN. The molecule has 1 aliphatic carbocycles. The van der Waals surface area contributed by atoms with E-state index in [0.717, 1.165) is 25.3 Å². The van der Waals surface area contributed by atoms with Crippen molar-refractivity contribution in [2.24, 2.45) is 11.7 Å². The molecule has 5 nitrogen and oxygen atoms in total. The van der Waals surface area contributed by atoms with Gasteiger partial charge in [-0.3, -0.25) is 4.90 Å². The van der Waals surface area contributed by atoms with Crippen molar-refractivity contribution in [2.75, 3.05) is 20.2 Å². The molecule has 1 aliphatic rings. The van der Waals surface area contributed by atoms with Gasteiger partial charge in [-0.05, 0) is 44.0 Å². The minimum atomic E-state index is -0.388. The number of aromatic nitrogens is 1. The van der Waals surface area contributed by atoms with Crippen LogP contribution in [-0.4, -0.2) is 42.1 Å². The maximum Gasteiger partial charge on any atom is 0.356 e. The minimum absolute atomic E-state index is 0.368. The Hall–Kier alpha value is -1.46. The predicted octanol–water partition coefficient (Wildman–Crippen LogP) is 1.82. The molecule has 0 saturated heterocycles. The molecule has 0 radical (unpaired) electrons. The first-order valence-electron chi connectivity index (χ1n) is 7.68. The molecule has 1 heterocycles. The van der Waals surface area contributed by atoms with Gasteiger partial charge in [0.2, 0.25) is 0 Å². The van der Waals surface area contributed by atoms with Crippen LogP contribution in [0.15, 0.2) is 18.2 Å². The van der Waals surface area contributed by atoms with E-state index in [1.807, 2.05) is 12.1 Å². The number of nitrogens with zero attached hydrogens (tertiary/aromatic N) is 2. The second-order valence-corrected chi connectivity index (χ2v) is 5.56. The van der Waals surface area contributed by atoms with E-state index in [9.17, 15) is 4.79 Å². The summed E-state index contributed by atoms with van der Waals surface area (Å²) in [6, 6.07) is 6.03. The van der Waals surface area contributed by atoms with Gasteiger partial charge in [-0.2, -0.15) is 0 Å². The van der Waals surface area contributed by atoms with Gasteiger partial charge in [-0.1, -0.05) is 19.4 Å². The van der Waals surface area contributed by atoms with E-state index in [1.165, 1.54) is 26.4 Å². The Balaban J connectivity index is 2.09. The third-order valence-corrected chi connectivity index (χ3v) is 4.36. The molecule has 0 amide bonds. The van der Waals surface area contributed by atoms with Crippen LogP contribution >= 0.6 is 0 Å². The molecule has 0 aliphatic heterocycles. The molecule has 1 aromatic heterocycles. The molecular formula is C16H25N3O2. The van der Waals surface area contributed by atoms with Crippen molar-refractivity contribution in [1.82, 2.24) is 9.88 Å². The van der Waals surface area contributed by atoms with E-state index in [4.69, 9.17) is 10.5 Å². The summed E-state index contributed by atoms with van der Waals surface area (Å²) >= 11 is 0. The first kappa shape index (κ1) is 15.9. The molecule has 21 heavy (non-hydrogen) atoms. The Bertz CT molecular complexity index is 478. The van der Waals surface area contributed by atoms with Gasteiger partial charge in [0.15, 0.2) is 0 Å². The van der Waals surface area contributed by atoms with Crippen LogP contribution in [0.25, 0.3) is 0 Å². The Kier molecular flexibility index (Phi) is 5.70. The zero-order valence-corrected chi connectivity index (χ0v) is 12.9. The molecule has 5 heteroatoms. The summed E-state index contributed by atoms with van der Waals surface area (Å²) in [6.07, 6.45) is 3.67. The Labute approximate surface area is 126 Å². The average Bonchev–Trinajstić information content (AvgIpc) is 3.00. The van der Waals surface area contributed by atoms with Crippen molar-refractivity contribution in [2.45, 2.75) is 38.8 Å². The summed E-state index contributed by atoms with van der Waals surface area (Å²) in [4.78, 5) is 18.4. The molecule has 116 valence electrons. The molecule has 2 rings (SSSR count). The van der Waals surface area contributed by atoms with Crippen LogP contribution in [0.3, 0.4) is 0 Å². The second-order valence-electron chi connectivity index (χ2n) is 5.56. The molecule has 2 N–H and O–H groups in total. The Morgan fingerprint density at radius 1 is 1.48 bits per heavy atom. The van der Waals surface area contributed by atoms with Gasteiger partial charge in [0.05, 0.1) is 12.8 Å². The Morgan fingerprint density at radius 2 is 2.29 bits per heavy atom. The van der Waals surface area contributed by atoms with Crippen LogP contribution in [0, 0.1) is 5.92 Å². The molecule has 0 aromatic carbocycles. The van der Waals surface area contributed by atoms with Crippen molar-refractivity contribution in [3.63, 3.8) is 0 Å². The van der Waals surface area contributed by atoms with Gasteiger partial charge in [0, 0.05) is 12.6 Å². The lowest BCUT2D eigenvalue weighted by Crippen LogP contribution is -2.40. The van der Waals surface area contributed by atoms with Crippen molar-refractivity contribution in [3.05, 3.63) is 29.6 Å². The molecule has 0 bridgehead atoms. The van der Waals surface area contributed by atoms with Crippen molar-refractivity contribution in [1.29, 1.82) is 0 Å². The summed E-state index contributed by atoms with van der Waals surface area (Å²) in [6.45, 7) is 4.63. The monoisotopic (exact) mass is 291 g/mol. The highest BCUT2D eigenvalue weighted by molar-refractivity contribution is 5.87. The van der Waals surface area contributed by atoms with Crippen molar-refractivity contribution < 1.29 is 9.53 Å². The molecule has 1 aromatic rings. The van der Waals surface area contributed by atoms with E-state index in [-0.39, 0.29) is 5.97 Å². The summed E-state index contributed by atoms with van der Waals surface area (Å²) in [5.74, 6) is 0.189. The fourth-order valence-electron chi connectivity index (χ4n) is 3.23. The molecule has 1 fully saturated rings. The number of carbonyl (C=O) groups is 1. The first-order chi connectivity index (χ1) is 10.2. The minimum Gasteiger partial charge on any atom is -0.464 e. The van der Waals surface area contributed by atoms with Gasteiger partial charge >= 0.3 is 5.97 Å². The normalized spacial score (nSPS) is 21.7. The summed E-state index contributed by atoms with van der Waals surface area (Å²) in [7, 11) is 1.37. The number of nitrogens with two attached hydrogens (primary N) is 1. The maximum absolute atomic E-state index is 11.6. The third-order valence-electron chi connectivity index (χ3n) is 4.36. The topological polar surface area (TPSA) is 68.5 Å². The predicted molar refractivity (Wildman–Crippen MR) is 81.8 cm³/mol. The smallest absolute Gasteiger partial charge is 0.356 e. The lowest BCUT2D eigenvalue weighted by molar-refractivity contribution is 0.0593. The van der Waals surface area contributed by atoms with Crippen molar-refractivity contribution in [3.8, 4) is 0 Å². The van der Waals surface area contributed by atoms with Crippen LogP contribution in [0.2, 0.25) is 0 Å². The number of methoxy groups -OCH3 is 1. The molecule has 2 unspecified atom stereocenters. The fraction of sp³-hybridized carbons (Fsp3) is 0.625. The van der Waals surface area contributed by atoms with Crippen LogP contribution in [0.4, 0.5) is 0 Å². The lowest BCUT2D eigenvalue weighted by Gasteiger charge is -2.31. The summed E-state index contributed by atoms with van der Waals surface area (Å²) < 4.78 is 4.73. The molecule has 1 saturated carbocycles. The third kappa shape index (κ3) is 3.80. The molecule has 0 spiro atoms. The number of rotatable bonds is 6. The number of pyridine rings is 1. The number of esters is 1. The van der Waals surface area contributed by atoms with Crippen LogP contribution in [0.1, 0.15) is 42.4 Å². The lowest BCUT2D eigenvalue weighted by atomic mass is 10.0. The van der Waals surface area contributed by atoms with E-state index in [1.54, 1.807) is 6.07 Å². The average molecular weight is 291 g/mol. The molecule has 2 atom stereocenters. The van der Waals surface area contributed by atoms with Gasteiger partial charge in [-0.15, -0.1) is 0 Å². The van der Waals surface area contributed by atoms with Crippen LogP contribution in [0.5, 0.6) is 0 Å². The Morgan fingerprint density at radius 3 is 2.95 bits per heavy atom. The van der Waals surface area contributed by atoms with Gasteiger partial charge in [0.1, 0.15) is 5.69 Å². The summed E-state index contributed by atoms with van der Waals surface area (Å²) in [5, 5.41) is 0. The summed E-state index contributed by atoms with van der Waals surface area (Å²) in [5.41, 5.74) is 7.16. The highest BCUT2D eigenvalue weighted by Crippen LogP contribution is 2.29. The molecular weight excluding hydrogens is 266 g/mol. The van der Waals surface area contributed by atoms with Crippen molar-refractivity contribution >= 4 is 5.97 Å². The van der Waals surface area contributed by atoms with Gasteiger partial charge in [0.25, 0.3) is 0 Å². The fourth-order valence-corrected chi connectivity index (χ4v) is 3.23. The van der Waals surface area contributed by atoms with E-state index in [0.29, 0.717) is 17.7 Å². The quantitative estimate of drug-likeness (QED) is 0.810. The van der Waals surface area contributed by atoms with Crippen LogP contribution in [-0.2, 0) is 11.3 Å². The zero-order chi connectivity index (χ0) is 15.2. The zero-order valence-electron chi connectivity index (χ0n) is 12.9. The largest absolute Gasteiger partial charge is 0.464 e. The maximum atomic E-state index is 11.6. The van der Waals surface area contributed by atoms with E-state index < -0.39 is 0 Å². The van der Waals surface area contributed by atoms with Gasteiger partial charge < -0.3 is 10.5 Å². The number of ether oxygens (including phenoxy) is 1. The highest BCUT2D eigenvalue weighted by Gasteiger charge is 2.30. The number of hydrogen-bond acceptors (Lipinski definition) is 5. The van der Waals surface area contributed by atoms with Crippen LogP contribution < -0.4 is 5.73 Å². The first-order valence-corrected chi connectivity index (χ1v) is 7.68. The highest BCUT2D eigenvalue weighted by atomic mass is 16.5. The van der Waals surface area contributed by atoms with E-state index in [2.05, 4.69) is 16.8 Å². The van der Waals surface area contributed by atoms with E-state index >= 15 is 0 Å². The van der Waals surface area contributed by atoms with Gasteiger partial charge in [-0.25, -0.2) is 9.78 Å². The number of carbonyl (C=O) groups excluding carboxylic acids is 1. The standard InChI is InChI=1S/C16H25N3O2/c1-3-19(15-9-4-6-12(15)10-17)11-13-7-5-8-14(18-13)16(20)21-2/h5,7-8,12,15H,3-4,6,9-11,17H2,1-2H3. The number of hydrogen-bond donors (Lipinski definition) is 1.